The smallest absolute Gasteiger partial charge is 0.0342 e. The lowest BCUT2D eigenvalue weighted by atomic mass is 10.2. The third-order valence-corrected chi connectivity index (χ3v) is 2.48. The van der Waals surface area contributed by atoms with Gasteiger partial charge < -0.3 is 0 Å². The van der Waals surface area contributed by atoms with Gasteiger partial charge in [0.25, 0.3) is 0 Å². The highest BCUT2D eigenvalue weighted by Gasteiger charge is 1.95. The predicted octanol–water partition coefficient (Wildman–Crippen LogP) is 3.34. The highest BCUT2D eigenvalue weighted by molar-refractivity contribution is 7.11. The van der Waals surface area contributed by atoms with Crippen LogP contribution in [0.4, 0.5) is 0 Å². The second-order valence-corrected chi connectivity index (χ2v) is 3.29. The molecule has 0 saturated heterocycles. The zero-order chi connectivity index (χ0) is 7.52. The molecule has 1 heterocycles. The van der Waals surface area contributed by atoms with Gasteiger partial charge in [-0.1, -0.05) is 30.4 Å². The van der Waals surface area contributed by atoms with Gasteiger partial charge in [-0.05, 0) is 23.1 Å². The summed E-state index contributed by atoms with van der Waals surface area (Å²) >= 11 is 1.78. The molecule has 0 saturated carbocycles. The monoisotopic (exact) mass is 160 g/mol. The molecule has 0 aromatic carbocycles. The SMILES string of the molecule is C1=C\C=C/c2sccc2\C=C/1. The Balaban J connectivity index is 2.52. The predicted molar refractivity (Wildman–Crippen MR) is 51.5 cm³/mol. The van der Waals surface area contributed by atoms with Crippen molar-refractivity contribution in [3.63, 3.8) is 0 Å². The maximum Gasteiger partial charge on any atom is 0.0342 e. The van der Waals surface area contributed by atoms with E-state index in [2.05, 4.69) is 35.8 Å². The Hall–Kier alpha value is -1.08. The fraction of sp³-hybridized carbons (Fsp3) is 0. The fourth-order valence-electron chi connectivity index (χ4n) is 1.03. The van der Waals surface area contributed by atoms with Gasteiger partial charge in [-0.15, -0.1) is 11.3 Å². The summed E-state index contributed by atoms with van der Waals surface area (Å²) in [4.78, 5) is 1.34. The summed E-state index contributed by atoms with van der Waals surface area (Å²) in [7, 11) is 0. The molecule has 2 rings (SSSR count). The molecule has 0 radical (unpaired) electrons. The van der Waals surface area contributed by atoms with E-state index in [0.29, 0.717) is 0 Å². The van der Waals surface area contributed by atoms with E-state index in [4.69, 9.17) is 0 Å². The van der Waals surface area contributed by atoms with E-state index in [9.17, 15) is 0 Å². The van der Waals surface area contributed by atoms with Crippen LogP contribution in [0.15, 0.2) is 35.8 Å². The first-order chi connectivity index (χ1) is 5.47. The number of rotatable bonds is 0. The minimum Gasteiger partial charge on any atom is -0.144 e. The van der Waals surface area contributed by atoms with Gasteiger partial charge in [-0.2, -0.15) is 0 Å². The van der Waals surface area contributed by atoms with Crippen molar-refractivity contribution in [3.05, 3.63) is 46.2 Å². The van der Waals surface area contributed by atoms with Crippen LogP contribution in [0.3, 0.4) is 0 Å². The van der Waals surface area contributed by atoms with E-state index in [1.54, 1.807) is 11.3 Å². The highest BCUT2D eigenvalue weighted by Crippen LogP contribution is 2.20. The van der Waals surface area contributed by atoms with Gasteiger partial charge >= 0.3 is 0 Å². The van der Waals surface area contributed by atoms with Gasteiger partial charge in [0.1, 0.15) is 0 Å². The molecular formula is C10H8S. The highest BCUT2D eigenvalue weighted by atomic mass is 32.1. The average molecular weight is 160 g/mol. The Morgan fingerprint density at radius 3 is 2.64 bits per heavy atom. The third kappa shape index (κ3) is 1.33. The summed E-state index contributed by atoms with van der Waals surface area (Å²) in [6.07, 6.45) is 12.5. The minimum atomic E-state index is 1.32. The molecule has 0 N–H and O–H groups in total. The van der Waals surface area contributed by atoms with Gasteiger partial charge in [0.15, 0.2) is 0 Å². The van der Waals surface area contributed by atoms with E-state index < -0.39 is 0 Å². The zero-order valence-electron chi connectivity index (χ0n) is 6.03. The summed E-state index contributed by atoms with van der Waals surface area (Å²) in [5.41, 5.74) is 1.32. The van der Waals surface area contributed by atoms with E-state index >= 15 is 0 Å². The third-order valence-electron chi connectivity index (χ3n) is 1.58. The molecule has 11 heavy (non-hydrogen) atoms. The second kappa shape index (κ2) is 2.89. The lowest BCUT2D eigenvalue weighted by Gasteiger charge is -1.91. The van der Waals surface area contributed by atoms with Crippen LogP contribution in [0.2, 0.25) is 0 Å². The van der Waals surface area contributed by atoms with Crippen LogP contribution in [0.25, 0.3) is 12.2 Å². The van der Waals surface area contributed by atoms with Crippen LogP contribution in [0, 0.1) is 0 Å². The van der Waals surface area contributed by atoms with Crippen molar-refractivity contribution >= 4 is 23.5 Å². The Morgan fingerprint density at radius 2 is 1.73 bits per heavy atom. The van der Waals surface area contributed by atoms with Gasteiger partial charge in [0.05, 0.1) is 0 Å². The molecule has 0 unspecified atom stereocenters. The summed E-state index contributed by atoms with van der Waals surface area (Å²) in [5.74, 6) is 0. The molecule has 54 valence electrons. The van der Waals surface area contributed by atoms with E-state index in [0.717, 1.165) is 0 Å². The number of thiophene rings is 1. The molecule has 0 spiro atoms. The number of fused-ring (bicyclic) bond motifs is 1. The molecule has 0 bridgehead atoms. The Morgan fingerprint density at radius 1 is 0.909 bits per heavy atom. The largest absolute Gasteiger partial charge is 0.144 e. The summed E-state index contributed by atoms with van der Waals surface area (Å²) in [5, 5.41) is 2.12. The maximum absolute atomic E-state index is 2.14. The number of allylic oxidation sites excluding steroid dienone is 4. The van der Waals surface area contributed by atoms with Crippen LogP contribution >= 0.6 is 11.3 Å². The van der Waals surface area contributed by atoms with Crippen LogP contribution in [0.5, 0.6) is 0 Å². The van der Waals surface area contributed by atoms with E-state index in [1.807, 2.05) is 12.2 Å². The van der Waals surface area contributed by atoms with E-state index in [-0.39, 0.29) is 0 Å². The normalized spacial score (nSPS) is 22.9. The first-order valence-corrected chi connectivity index (χ1v) is 4.44. The van der Waals surface area contributed by atoms with Crippen molar-refractivity contribution in [2.24, 2.45) is 0 Å². The first-order valence-electron chi connectivity index (χ1n) is 3.56. The van der Waals surface area contributed by atoms with Crippen molar-refractivity contribution in [2.45, 2.75) is 0 Å². The van der Waals surface area contributed by atoms with Crippen molar-refractivity contribution in [2.75, 3.05) is 0 Å². The van der Waals surface area contributed by atoms with Crippen molar-refractivity contribution < 1.29 is 0 Å². The molecule has 0 aliphatic heterocycles. The quantitative estimate of drug-likeness (QED) is 0.546. The van der Waals surface area contributed by atoms with Crippen LogP contribution in [0.1, 0.15) is 10.4 Å². The molecule has 1 aromatic rings. The molecular weight excluding hydrogens is 152 g/mol. The van der Waals surface area contributed by atoms with Crippen LogP contribution < -0.4 is 0 Å². The van der Waals surface area contributed by atoms with Crippen LogP contribution in [-0.2, 0) is 0 Å². The maximum atomic E-state index is 2.14. The Labute approximate surface area is 70.2 Å². The molecule has 1 heteroatoms. The molecule has 0 fully saturated rings. The Bertz CT molecular complexity index is 296. The van der Waals surface area contributed by atoms with Crippen molar-refractivity contribution in [3.8, 4) is 0 Å². The molecule has 0 amide bonds. The standard InChI is InChI=1S/C10H8S/c1-2-4-6-10-9(5-3-1)7-8-11-10/h1-8H/b2-1-,3-1?,4-2?,5-3-,6-4-,9-5?,10-6?. The molecule has 1 aromatic heterocycles. The summed E-state index contributed by atoms with van der Waals surface area (Å²) < 4.78 is 0. The minimum absolute atomic E-state index is 1.32. The van der Waals surface area contributed by atoms with Crippen molar-refractivity contribution in [1.29, 1.82) is 0 Å². The first kappa shape index (κ1) is 6.62. The fourth-order valence-corrected chi connectivity index (χ4v) is 1.83. The van der Waals surface area contributed by atoms with E-state index in [1.165, 1.54) is 10.4 Å². The molecule has 0 nitrogen and oxygen atoms in total. The number of hydrogen-bond acceptors (Lipinski definition) is 1. The van der Waals surface area contributed by atoms with Crippen molar-refractivity contribution in [1.82, 2.24) is 0 Å². The summed E-state index contributed by atoms with van der Waals surface area (Å²) in [6.45, 7) is 0. The molecule has 0 atom stereocenters. The number of hydrogen-bond donors (Lipinski definition) is 0. The topological polar surface area (TPSA) is 0 Å². The lowest BCUT2D eigenvalue weighted by molar-refractivity contribution is 1.79. The average Bonchev–Trinajstić information content (AvgIpc) is 2.35. The second-order valence-electron chi connectivity index (χ2n) is 2.34. The molecule has 1 aliphatic carbocycles. The van der Waals surface area contributed by atoms with Gasteiger partial charge in [0, 0.05) is 4.88 Å². The zero-order valence-corrected chi connectivity index (χ0v) is 6.84. The van der Waals surface area contributed by atoms with Gasteiger partial charge in [-0.3, -0.25) is 0 Å². The summed E-state index contributed by atoms with van der Waals surface area (Å²) in [6, 6.07) is 2.14. The van der Waals surface area contributed by atoms with Gasteiger partial charge in [-0.25, -0.2) is 0 Å². The molecule has 1 aliphatic rings. The van der Waals surface area contributed by atoms with Crippen LogP contribution in [-0.4, -0.2) is 0 Å². The lowest BCUT2D eigenvalue weighted by Crippen LogP contribution is -1.70. The Kier molecular flexibility index (Phi) is 1.74. The van der Waals surface area contributed by atoms with Gasteiger partial charge in [0.2, 0.25) is 0 Å².